The first-order chi connectivity index (χ1) is 10.6. The van der Waals surface area contributed by atoms with Gasteiger partial charge in [0, 0.05) is 11.1 Å². The second-order valence-electron chi connectivity index (χ2n) is 4.69. The van der Waals surface area contributed by atoms with E-state index in [1.165, 1.54) is 7.11 Å². The van der Waals surface area contributed by atoms with E-state index in [4.69, 9.17) is 4.42 Å². The van der Waals surface area contributed by atoms with Crippen molar-refractivity contribution in [2.45, 2.75) is 6.92 Å². The maximum Gasteiger partial charge on any atom is 0.359 e. The fourth-order valence-corrected chi connectivity index (χ4v) is 2.09. The second kappa shape index (κ2) is 5.36. The molecule has 2 N–H and O–H groups in total. The number of benzene rings is 1. The Labute approximate surface area is 125 Å². The van der Waals surface area contributed by atoms with E-state index in [-0.39, 0.29) is 17.4 Å². The van der Waals surface area contributed by atoms with Crippen LogP contribution in [-0.4, -0.2) is 29.2 Å². The molecule has 0 aliphatic rings. The molecule has 1 aromatic carbocycles. The summed E-state index contributed by atoms with van der Waals surface area (Å²) in [6.07, 6.45) is 0. The van der Waals surface area contributed by atoms with Gasteiger partial charge in [0.15, 0.2) is 11.5 Å². The van der Waals surface area contributed by atoms with Crippen LogP contribution in [0.25, 0.3) is 10.9 Å². The van der Waals surface area contributed by atoms with Gasteiger partial charge in [-0.05, 0) is 37.3 Å². The summed E-state index contributed by atoms with van der Waals surface area (Å²) in [6.45, 7) is 1.76. The number of ether oxygens (including phenoxy) is 1. The topological polar surface area (TPSA) is 97.2 Å². The standard InChI is InChI=1S/C15H13N3O4/c1-8-3-6-12(22-8)14(19)16-9-4-5-11-10(7-9)13(18-17-11)15(20)21-2/h3-7H,1-2H3,(H,16,19)(H,17,18). The van der Waals surface area contributed by atoms with Crippen LogP contribution in [0.5, 0.6) is 0 Å². The van der Waals surface area contributed by atoms with Crippen molar-refractivity contribution in [3.63, 3.8) is 0 Å². The summed E-state index contributed by atoms with van der Waals surface area (Å²) in [4.78, 5) is 23.7. The van der Waals surface area contributed by atoms with Crippen molar-refractivity contribution in [1.82, 2.24) is 10.2 Å². The van der Waals surface area contributed by atoms with Crippen LogP contribution in [0, 0.1) is 6.92 Å². The van der Waals surface area contributed by atoms with Gasteiger partial charge in [-0.25, -0.2) is 4.79 Å². The number of carbonyl (C=O) groups is 2. The molecule has 22 heavy (non-hydrogen) atoms. The van der Waals surface area contributed by atoms with Gasteiger partial charge in [0.25, 0.3) is 5.91 Å². The number of carbonyl (C=O) groups excluding carboxylic acids is 2. The number of fused-ring (bicyclic) bond motifs is 1. The average molecular weight is 299 g/mol. The molecule has 3 rings (SSSR count). The highest BCUT2D eigenvalue weighted by atomic mass is 16.5. The maximum absolute atomic E-state index is 12.1. The first kappa shape index (κ1) is 13.9. The van der Waals surface area contributed by atoms with Gasteiger partial charge in [-0.15, -0.1) is 0 Å². The lowest BCUT2D eigenvalue weighted by molar-refractivity contribution is 0.0596. The number of methoxy groups -OCH3 is 1. The first-order valence-corrected chi connectivity index (χ1v) is 6.52. The summed E-state index contributed by atoms with van der Waals surface area (Å²) in [5.74, 6) is -0.0339. The van der Waals surface area contributed by atoms with Crippen LogP contribution < -0.4 is 5.32 Å². The highest BCUT2D eigenvalue weighted by Gasteiger charge is 2.16. The number of esters is 1. The highest BCUT2D eigenvalue weighted by molar-refractivity contribution is 6.06. The number of nitrogens with one attached hydrogen (secondary N) is 2. The summed E-state index contributed by atoms with van der Waals surface area (Å²) in [5.41, 5.74) is 1.37. The van der Waals surface area contributed by atoms with Gasteiger partial charge in [-0.1, -0.05) is 0 Å². The van der Waals surface area contributed by atoms with E-state index in [1.54, 1.807) is 37.3 Å². The Morgan fingerprint density at radius 1 is 1.27 bits per heavy atom. The van der Waals surface area contributed by atoms with E-state index in [2.05, 4.69) is 20.3 Å². The molecule has 0 saturated heterocycles. The summed E-state index contributed by atoms with van der Waals surface area (Å²) in [7, 11) is 1.29. The summed E-state index contributed by atoms with van der Waals surface area (Å²) < 4.78 is 9.94. The summed E-state index contributed by atoms with van der Waals surface area (Å²) >= 11 is 0. The summed E-state index contributed by atoms with van der Waals surface area (Å²) in [6, 6.07) is 8.39. The van der Waals surface area contributed by atoms with Gasteiger partial charge in [0.05, 0.1) is 12.6 Å². The van der Waals surface area contributed by atoms with Crippen LogP contribution >= 0.6 is 0 Å². The molecule has 2 aromatic heterocycles. The molecule has 0 aliphatic carbocycles. The molecule has 0 radical (unpaired) electrons. The number of amides is 1. The van der Waals surface area contributed by atoms with Gasteiger partial charge >= 0.3 is 5.97 Å². The Balaban J connectivity index is 1.91. The smallest absolute Gasteiger partial charge is 0.359 e. The van der Waals surface area contributed by atoms with Crippen molar-refractivity contribution in [1.29, 1.82) is 0 Å². The zero-order chi connectivity index (χ0) is 15.7. The van der Waals surface area contributed by atoms with Crippen LogP contribution in [-0.2, 0) is 4.74 Å². The molecule has 0 fully saturated rings. The molecule has 112 valence electrons. The maximum atomic E-state index is 12.1. The van der Waals surface area contributed by atoms with Crippen molar-refractivity contribution in [2.24, 2.45) is 0 Å². The van der Waals surface area contributed by atoms with E-state index >= 15 is 0 Å². The number of aromatic amines is 1. The first-order valence-electron chi connectivity index (χ1n) is 6.52. The molecular weight excluding hydrogens is 286 g/mol. The predicted octanol–water partition coefficient (Wildman–Crippen LogP) is 2.50. The number of nitrogens with zero attached hydrogens (tertiary/aromatic N) is 1. The Kier molecular flexibility index (Phi) is 3.38. The van der Waals surface area contributed by atoms with Gasteiger partial charge in [0.2, 0.25) is 0 Å². The van der Waals surface area contributed by atoms with E-state index in [0.717, 1.165) is 0 Å². The molecule has 0 aliphatic heterocycles. The van der Waals surface area contributed by atoms with Crippen LogP contribution in [0.1, 0.15) is 26.8 Å². The van der Waals surface area contributed by atoms with E-state index < -0.39 is 5.97 Å². The zero-order valence-corrected chi connectivity index (χ0v) is 12.0. The van der Waals surface area contributed by atoms with Gasteiger partial charge in [-0.3, -0.25) is 9.89 Å². The SMILES string of the molecule is COC(=O)c1n[nH]c2ccc(NC(=O)c3ccc(C)o3)cc12. The monoisotopic (exact) mass is 299 g/mol. The molecular formula is C15H13N3O4. The van der Waals surface area contributed by atoms with Crippen LogP contribution in [0.4, 0.5) is 5.69 Å². The largest absolute Gasteiger partial charge is 0.464 e. The minimum absolute atomic E-state index is 0.169. The molecule has 7 heteroatoms. The third kappa shape index (κ3) is 2.44. The average Bonchev–Trinajstić information content (AvgIpc) is 3.12. The van der Waals surface area contributed by atoms with Crippen molar-refractivity contribution in [2.75, 3.05) is 12.4 Å². The number of hydrogen-bond donors (Lipinski definition) is 2. The Morgan fingerprint density at radius 3 is 2.77 bits per heavy atom. The zero-order valence-electron chi connectivity index (χ0n) is 12.0. The lowest BCUT2D eigenvalue weighted by atomic mass is 10.2. The van der Waals surface area contributed by atoms with Gasteiger partial charge in [0.1, 0.15) is 5.76 Å². The molecule has 1 amide bonds. The number of aromatic nitrogens is 2. The van der Waals surface area contributed by atoms with Crippen molar-refractivity contribution in [3.05, 3.63) is 47.5 Å². The summed E-state index contributed by atoms with van der Waals surface area (Å²) in [5, 5.41) is 9.93. The quantitative estimate of drug-likeness (QED) is 0.724. The van der Waals surface area contributed by atoms with Gasteiger partial charge in [-0.2, -0.15) is 5.10 Å². The normalized spacial score (nSPS) is 10.6. The number of hydrogen-bond acceptors (Lipinski definition) is 5. The number of anilines is 1. The Morgan fingerprint density at radius 2 is 2.09 bits per heavy atom. The lowest BCUT2D eigenvalue weighted by Crippen LogP contribution is -2.10. The molecule has 7 nitrogen and oxygen atoms in total. The van der Waals surface area contributed by atoms with E-state index in [9.17, 15) is 9.59 Å². The van der Waals surface area contributed by atoms with Crippen molar-refractivity contribution in [3.8, 4) is 0 Å². The van der Waals surface area contributed by atoms with Crippen LogP contribution in [0.2, 0.25) is 0 Å². The number of H-pyrrole nitrogens is 1. The van der Waals surface area contributed by atoms with Gasteiger partial charge < -0.3 is 14.5 Å². The lowest BCUT2D eigenvalue weighted by Gasteiger charge is -2.03. The second-order valence-corrected chi connectivity index (χ2v) is 4.69. The molecule has 3 aromatic rings. The minimum Gasteiger partial charge on any atom is -0.464 e. The Bertz CT molecular complexity index is 863. The molecule has 0 atom stereocenters. The predicted molar refractivity (Wildman–Crippen MR) is 78.8 cm³/mol. The molecule has 0 unspecified atom stereocenters. The van der Waals surface area contributed by atoms with E-state index in [1.807, 2.05) is 0 Å². The number of furan rings is 1. The third-order valence-corrected chi connectivity index (χ3v) is 3.16. The molecule has 0 saturated carbocycles. The van der Waals surface area contributed by atoms with E-state index in [0.29, 0.717) is 22.4 Å². The van der Waals surface area contributed by atoms with Crippen LogP contribution in [0.15, 0.2) is 34.7 Å². The van der Waals surface area contributed by atoms with Crippen molar-refractivity contribution < 1.29 is 18.7 Å². The number of rotatable bonds is 3. The Hall–Kier alpha value is -3.09. The molecule has 2 heterocycles. The molecule has 0 spiro atoms. The van der Waals surface area contributed by atoms with Crippen LogP contribution in [0.3, 0.4) is 0 Å². The highest BCUT2D eigenvalue weighted by Crippen LogP contribution is 2.22. The van der Waals surface area contributed by atoms with Crippen molar-refractivity contribution >= 4 is 28.5 Å². The number of aryl methyl sites for hydroxylation is 1. The third-order valence-electron chi connectivity index (χ3n) is 3.16. The minimum atomic E-state index is -0.545. The molecule has 0 bridgehead atoms. The fourth-order valence-electron chi connectivity index (χ4n) is 2.09. The fraction of sp³-hybridized carbons (Fsp3) is 0.133.